The van der Waals surface area contributed by atoms with E-state index in [2.05, 4.69) is 10.6 Å². The molecule has 96 valence electrons. The number of nitrogens with one attached hydrogen (secondary N) is 2. The number of benzene rings is 1. The van der Waals surface area contributed by atoms with Gasteiger partial charge in [0.1, 0.15) is 11.3 Å². The SMILES string of the molecule is CCCNC(=O)NCCc1cc2ccccc2o1. The topological polar surface area (TPSA) is 54.3 Å². The van der Waals surface area contributed by atoms with E-state index in [1.807, 2.05) is 37.3 Å². The Balaban J connectivity index is 1.81. The lowest BCUT2D eigenvalue weighted by atomic mass is 10.2. The van der Waals surface area contributed by atoms with Crippen LogP contribution < -0.4 is 10.6 Å². The molecule has 2 rings (SSSR count). The highest BCUT2D eigenvalue weighted by Crippen LogP contribution is 2.18. The molecule has 0 aliphatic heterocycles. The number of rotatable bonds is 5. The summed E-state index contributed by atoms with van der Waals surface area (Å²) in [5.41, 5.74) is 0.892. The molecule has 0 atom stereocenters. The summed E-state index contributed by atoms with van der Waals surface area (Å²) in [5.74, 6) is 0.895. The Morgan fingerprint density at radius 3 is 2.78 bits per heavy atom. The molecule has 0 spiro atoms. The first-order chi connectivity index (χ1) is 8.79. The predicted octanol–water partition coefficient (Wildman–Crippen LogP) is 2.68. The van der Waals surface area contributed by atoms with Crippen molar-refractivity contribution < 1.29 is 9.21 Å². The fourth-order valence-corrected chi connectivity index (χ4v) is 1.76. The number of hydrogen-bond donors (Lipinski definition) is 2. The van der Waals surface area contributed by atoms with E-state index in [4.69, 9.17) is 4.42 Å². The van der Waals surface area contributed by atoms with E-state index in [0.717, 1.165) is 23.2 Å². The Labute approximate surface area is 106 Å². The zero-order chi connectivity index (χ0) is 12.8. The summed E-state index contributed by atoms with van der Waals surface area (Å²) in [6, 6.07) is 9.79. The molecule has 18 heavy (non-hydrogen) atoms. The second kappa shape index (κ2) is 6.10. The van der Waals surface area contributed by atoms with Crippen LogP contribution in [0, 0.1) is 0 Å². The van der Waals surface area contributed by atoms with E-state index in [0.29, 0.717) is 19.5 Å². The lowest BCUT2D eigenvalue weighted by molar-refractivity contribution is 0.241. The molecule has 2 amide bonds. The normalized spacial score (nSPS) is 10.5. The minimum atomic E-state index is -0.118. The van der Waals surface area contributed by atoms with Gasteiger partial charge in [0.15, 0.2) is 0 Å². The van der Waals surface area contributed by atoms with E-state index in [9.17, 15) is 4.79 Å². The summed E-state index contributed by atoms with van der Waals surface area (Å²) in [5, 5.41) is 6.66. The molecule has 0 bridgehead atoms. The van der Waals surface area contributed by atoms with Crippen molar-refractivity contribution in [3.8, 4) is 0 Å². The van der Waals surface area contributed by atoms with Gasteiger partial charge in [0.05, 0.1) is 0 Å². The van der Waals surface area contributed by atoms with Crippen LogP contribution in [-0.4, -0.2) is 19.1 Å². The summed E-state index contributed by atoms with van der Waals surface area (Å²) in [4.78, 5) is 11.3. The third kappa shape index (κ3) is 3.26. The van der Waals surface area contributed by atoms with Crippen molar-refractivity contribution in [3.63, 3.8) is 0 Å². The maximum absolute atomic E-state index is 11.3. The number of carbonyl (C=O) groups excluding carboxylic acids is 1. The number of fused-ring (bicyclic) bond motifs is 1. The van der Waals surface area contributed by atoms with Crippen molar-refractivity contribution in [2.24, 2.45) is 0 Å². The number of urea groups is 1. The third-order valence-electron chi connectivity index (χ3n) is 2.67. The Morgan fingerprint density at radius 1 is 1.22 bits per heavy atom. The molecule has 1 aromatic heterocycles. The highest BCUT2D eigenvalue weighted by atomic mass is 16.3. The van der Waals surface area contributed by atoms with Crippen LogP contribution in [0.15, 0.2) is 34.7 Å². The molecular weight excluding hydrogens is 228 g/mol. The Bertz CT molecular complexity index is 486. The molecule has 0 aliphatic carbocycles. The molecule has 0 radical (unpaired) electrons. The summed E-state index contributed by atoms with van der Waals surface area (Å²) in [7, 11) is 0. The van der Waals surface area contributed by atoms with E-state index < -0.39 is 0 Å². The second-order valence-corrected chi connectivity index (χ2v) is 4.18. The van der Waals surface area contributed by atoms with Gasteiger partial charge >= 0.3 is 6.03 Å². The maximum atomic E-state index is 11.3. The van der Waals surface area contributed by atoms with Crippen molar-refractivity contribution in [1.29, 1.82) is 0 Å². The van der Waals surface area contributed by atoms with E-state index in [-0.39, 0.29) is 6.03 Å². The van der Waals surface area contributed by atoms with Gasteiger partial charge in [-0.05, 0) is 18.6 Å². The average molecular weight is 246 g/mol. The molecule has 4 nitrogen and oxygen atoms in total. The fraction of sp³-hybridized carbons (Fsp3) is 0.357. The molecule has 0 unspecified atom stereocenters. The van der Waals surface area contributed by atoms with Gasteiger partial charge in [-0.2, -0.15) is 0 Å². The maximum Gasteiger partial charge on any atom is 0.314 e. The van der Waals surface area contributed by atoms with Crippen molar-refractivity contribution in [3.05, 3.63) is 36.1 Å². The summed E-state index contributed by atoms with van der Waals surface area (Å²) >= 11 is 0. The van der Waals surface area contributed by atoms with Gasteiger partial charge < -0.3 is 15.1 Å². The minimum absolute atomic E-state index is 0.118. The first kappa shape index (κ1) is 12.5. The van der Waals surface area contributed by atoms with E-state index in [1.54, 1.807) is 0 Å². The third-order valence-corrected chi connectivity index (χ3v) is 2.67. The van der Waals surface area contributed by atoms with Crippen LogP contribution in [-0.2, 0) is 6.42 Å². The van der Waals surface area contributed by atoms with Crippen LogP contribution in [0.25, 0.3) is 11.0 Å². The number of hydrogen-bond acceptors (Lipinski definition) is 2. The second-order valence-electron chi connectivity index (χ2n) is 4.18. The van der Waals surface area contributed by atoms with Gasteiger partial charge in [0.25, 0.3) is 0 Å². The Kier molecular flexibility index (Phi) is 4.23. The van der Waals surface area contributed by atoms with Crippen molar-refractivity contribution in [2.75, 3.05) is 13.1 Å². The standard InChI is InChI=1S/C14H18N2O2/c1-2-8-15-14(17)16-9-7-12-10-11-5-3-4-6-13(11)18-12/h3-6,10H,2,7-9H2,1H3,(H2,15,16,17). The van der Waals surface area contributed by atoms with Crippen LogP contribution in [0.2, 0.25) is 0 Å². The van der Waals surface area contributed by atoms with Crippen LogP contribution >= 0.6 is 0 Å². The highest BCUT2D eigenvalue weighted by molar-refractivity contribution is 5.77. The van der Waals surface area contributed by atoms with Gasteiger partial charge in [-0.15, -0.1) is 0 Å². The smallest absolute Gasteiger partial charge is 0.314 e. The molecule has 1 aromatic carbocycles. The van der Waals surface area contributed by atoms with Crippen molar-refractivity contribution in [2.45, 2.75) is 19.8 Å². The largest absolute Gasteiger partial charge is 0.461 e. The van der Waals surface area contributed by atoms with Crippen molar-refractivity contribution >= 4 is 17.0 Å². The molecule has 0 aliphatic rings. The lowest BCUT2D eigenvalue weighted by Gasteiger charge is -2.04. The van der Waals surface area contributed by atoms with Gasteiger partial charge in [-0.3, -0.25) is 0 Å². The van der Waals surface area contributed by atoms with Gasteiger partial charge in [0.2, 0.25) is 0 Å². The van der Waals surface area contributed by atoms with Crippen LogP contribution in [0.5, 0.6) is 0 Å². The molecule has 2 N–H and O–H groups in total. The average Bonchev–Trinajstić information content (AvgIpc) is 2.79. The molecule has 0 saturated carbocycles. The van der Waals surface area contributed by atoms with E-state index >= 15 is 0 Å². The number of carbonyl (C=O) groups is 1. The minimum Gasteiger partial charge on any atom is -0.461 e. The quantitative estimate of drug-likeness (QED) is 0.852. The predicted molar refractivity (Wildman–Crippen MR) is 71.6 cm³/mol. The molecule has 0 fully saturated rings. The van der Waals surface area contributed by atoms with E-state index in [1.165, 1.54) is 0 Å². The number of amides is 2. The monoisotopic (exact) mass is 246 g/mol. The lowest BCUT2D eigenvalue weighted by Crippen LogP contribution is -2.36. The number of furan rings is 1. The van der Waals surface area contributed by atoms with Crippen molar-refractivity contribution in [1.82, 2.24) is 10.6 Å². The van der Waals surface area contributed by atoms with Gasteiger partial charge in [-0.1, -0.05) is 25.1 Å². The first-order valence-electron chi connectivity index (χ1n) is 6.28. The highest BCUT2D eigenvalue weighted by Gasteiger charge is 2.03. The summed E-state index contributed by atoms with van der Waals surface area (Å²) in [6.45, 7) is 3.31. The molecule has 4 heteroatoms. The summed E-state index contributed by atoms with van der Waals surface area (Å²) in [6.07, 6.45) is 1.64. The zero-order valence-corrected chi connectivity index (χ0v) is 10.5. The van der Waals surface area contributed by atoms with Crippen LogP contribution in [0.3, 0.4) is 0 Å². The molecular formula is C14H18N2O2. The van der Waals surface area contributed by atoms with Crippen LogP contribution in [0.1, 0.15) is 19.1 Å². The van der Waals surface area contributed by atoms with Crippen LogP contribution in [0.4, 0.5) is 4.79 Å². The molecule has 2 aromatic rings. The zero-order valence-electron chi connectivity index (χ0n) is 10.5. The summed E-state index contributed by atoms with van der Waals surface area (Å²) < 4.78 is 5.66. The Morgan fingerprint density at radius 2 is 2.00 bits per heavy atom. The fourth-order valence-electron chi connectivity index (χ4n) is 1.76. The molecule has 1 heterocycles. The van der Waals surface area contributed by atoms with Gasteiger partial charge in [0, 0.05) is 24.9 Å². The first-order valence-corrected chi connectivity index (χ1v) is 6.28. The molecule has 0 saturated heterocycles. The Hall–Kier alpha value is -1.97. The number of para-hydroxylation sites is 1. The van der Waals surface area contributed by atoms with Gasteiger partial charge in [-0.25, -0.2) is 4.79 Å².